The minimum atomic E-state index is -0.765. The maximum Gasteiger partial charge on any atom is 0.0867 e. The molecule has 1 saturated carbocycles. The monoisotopic (exact) mass is 228 g/mol. The summed E-state index contributed by atoms with van der Waals surface area (Å²) < 4.78 is 5.81. The predicted octanol–water partition coefficient (Wildman–Crippen LogP) is 0.340. The zero-order valence-electron chi connectivity index (χ0n) is 10.2. The van der Waals surface area contributed by atoms with Gasteiger partial charge in [0.25, 0.3) is 0 Å². The summed E-state index contributed by atoms with van der Waals surface area (Å²) in [7, 11) is 0. The van der Waals surface area contributed by atoms with Crippen molar-refractivity contribution in [2.24, 2.45) is 5.73 Å². The third-order valence-electron chi connectivity index (χ3n) is 3.83. The number of fused-ring (bicyclic) bond motifs is 1. The smallest absolute Gasteiger partial charge is 0.0867 e. The first-order valence-electron chi connectivity index (χ1n) is 6.40. The molecule has 0 radical (unpaired) electrons. The second-order valence-electron chi connectivity index (χ2n) is 5.43. The van der Waals surface area contributed by atoms with E-state index in [0.717, 1.165) is 13.2 Å². The van der Waals surface area contributed by atoms with Crippen LogP contribution in [0.25, 0.3) is 0 Å². The molecule has 2 rings (SSSR count). The lowest BCUT2D eigenvalue weighted by molar-refractivity contribution is -0.108. The van der Waals surface area contributed by atoms with Gasteiger partial charge in [-0.2, -0.15) is 0 Å². The number of nitrogens with zero attached hydrogens (tertiary/aromatic N) is 1. The van der Waals surface area contributed by atoms with Crippen LogP contribution in [0.3, 0.4) is 0 Å². The molecular formula is C12H24N2O2. The maximum atomic E-state index is 10.1. The third-order valence-corrected chi connectivity index (χ3v) is 3.83. The summed E-state index contributed by atoms with van der Waals surface area (Å²) in [4.78, 5) is 2.38. The molecule has 0 aromatic heterocycles. The fourth-order valence-corrected chi connectivity index (χ4v) is 2.87. The Morgan fingerprint density at radius 1 is 1.44 bits per heavy atom. The van der Waals surface area contributed by atoms with Gasteiger partial charge >= 0.3 is 0 Å². The van der Waals surface area contributed by atoms with Crippen molar-refractivity contribution >= 4 is 0 Å². The SMILES string of the molecule is CC(O)(CN)CN1CCOC2CCCCC21. The van der Waals surface area contributed by atoms with Crippen molar-refractivity contribution in [1.82, 2.24) is 4.90 Å². The topological polar surface area (TPSA) is 58.7 Å². The Balaban J connectivity index is 1.97. The van der Waals surface area contributed by atoms with Crippen LogP contribution in [0.5, 0.6) is 0 Å². The number of hydrogen-bond acceptors (Lipinski definition) is 4. The number of hydrogen-bond donors (Lipinski definition) is 2. The van der Waals surface area contributed by atoms with Gasteiger partial charge in [-0.25, -0.2) is 0 Å². The van der Waals surface area contributed by atoms with E-state index in [0.29, 0.717) is 25.2 Å². The normalized spacial score (nSPS) is 35.4. The third kappa shape index (κ3) is 2.74. The van der Waals surface area contributed by atoms with Crippen LogP contribution in [-0.4, -0.2) is 54.0 Å². The number of nitrogens with two attached hydrogens (primary N) is 1. The summed E-state index contributed by atoms with van der Waals surface area (Å²) in [6.07, 6.45) is 5.32. The van der Waals surface area contributed by atoms with Crippen molar-refractivity contribution in [3.05, 3.63) is 0 Å². The standard InChI is InChI=1S/C12H24N2O2/c1-12(15,8-13)9-14-6-7-16-11-5-3-2-4-10(11)14/h10-11,15H,2-9,13H2,1H3. The Morgan fingerprint density at radius 2 is 2.19 bits per heavy atom. The van der Waals surface area contributed by atoms with Crippen LogP contribution in [0.2, 0.25) is 0 Å². The molecule has 3 N–H and O–H groups in total. The molecule has 1 heterocycles. The van der Waals surface area contributed by atoms with Gasteiger partial charge in [0.15, 0.2) is 0 Å². The van der Waals surface area contributed by atoms with E-state index in [1.807, 2.05) is 6.92 Å². The molecule has 94 valence electrons. The highest BCUT2D eigenvalue weighted by atomic mass is 16.5. The number of β-amino-alcohol motifs (C(OH)–C–C–N with tert-alkyl or cyclic N) is 1. The lowest BCUT2D eigenvalue weighted by Gasteiger charge is -2.45. The Bertz CT molecular complexity index is 231. The van der Waals surface area contributed by atoms with E-state index in [9.17, 15) is 5.11 Å². The van der Waals surface area contributed by atoms with Crippen molar-refractivity contribution < 1.29 is 9.84 Å². The largest absolute Gasteiger partial charge is 0.388 e. The predicted molar refractivity (Wildman–Crippen MR) is 63.2 cm³/mol. The van der Waals surface area contributed by atoms with Crippen molar-refractivity contribution in [3.63, 3.8) is 0 Å². The average molecular weight is 228 g/mol. The summed E-state index contributed by atoms with van der Waals surface area (Å²) in [5, 5.41) is 10.1. The summed E-state index contributed by atoms with van der Waals surface area (Å²) in [6, 6.07) is 0.500. The van der Waals surface area contributed by atoms with Crippen LogP contribution in [0, 0.1) is 0 Å². The first-order valence-corrected chi connectivity index (χ1v) is 6.40. The van der Waals surface area contributed by atoms with Gasteiger partial charge in [0.2, 0.25) is 0 Å². The molecule has 3 unspecified atom stereocenters. The molecular weight excluding hydrogens is 204 g/mol. The fourth-order valence-electron chi connectivity index (χ4n) is 2.87. The molecule has 0 aromatic rings. The van der Waals surface area contributed by atoms with Crippen molar-refractivity contribution in [3.8, 4) is 0 Å². The van der Waals surface area contributed by atoms with Gasteiger partial charge in [0, 0.05) is 25.7 Å². The zero-order chi connectivity index (χ0) is 11.6. The van der Waals surface area contributed by atoms with Gasteiger partial charge in [-0.1, -0.05) is 12.8 Å². The molecule has 0 bridgehead atoms. The number of morpholine rings is 1. The molecule has 4 nitrogen and oxygen atoms in total. The summed E-state index contributed by atoms with van der Waals surface area (Å²) in [5.41, 5.74) is 4.82. The summed E-state index contributed by atoms with van der Waals surface area (Å²) in [6.45, 7) is 4.54. The van der Waals surface area contributed by atoms with E-state index in [4.69, 9.17) is 10.5 Å². The highest BCUT2D eigenvalue weighted by molar-refractivity contribution is 4.90. The van der Waals surface area contributed by atoms with Crippen molar-refractivity contribution in [2.75, 3.05) is 26.2 Å². The molecule has 16 heavy (non-hydrogen) atoms. The minimum Gasteiger partial charge on any atom is -0.388 e. The van der Waals surface area contributed by atoms with Gasteiger partial charge in [0.05, 0.1) is 18.3 Å². The van der Waals surface area contributed by atoms with E-state index < -0.39 is 5.60 Å². The lowest BCUT2D eigenvalue weighted by atomic mass is 9.89. The quantitative estimate of drug-likeness (QED) is 0.731. The molecule has 1 aliphatic heterocycles. The van der Waals surface area contributed by atoms with E-state index in [2.05, 4.69) is 4.90 Å². The fraction of sp³-hybridized carbons (Fsp3) is 1.00. The van der Waals surface area contributed by atoms with Gasteiger partial charge in [-0.3, -0.25) is 4.90 Å². The molecule has 1 aliphatic carbocycles. The summed E-state index contributed by atoms with van der Waals surface area (Å²) in [5.74, 6) is 0. The van der Waals surface area contributed by atoms with Crippen LogP contribution in [0.1, 0.15) is 32.6 Å². The van der Waals surface area contributed by atoms with Crippen LogP contribution >= 0.6 is 0 Å². The van der Waals surface area contributed by atoms with Crippen LogP contribution in [0.15, 0.2) is 0 Å². The van der Waals surface area contributed by atoms with Gasteiger partial charge in [-0.05, 0) is 19.8 Å². The van der Waals surface area contributed by atoms with Crippen LogP contribution in [0.4, 0.5) is 0 Å². The Labute approximate surface area is 97.7 Å². The zero-order valence-corrected chi connectivity index (χ0v) is 10.2. The Kier molecular flexibility index (Phi) is 3.85. The Hall–Kier alpha value is -0.160. The van der Waals surface area contributed by atoms with E-state index in [1.165, 1.54) is 25.7 Å². The first-order chi connectivity index (χ1) is 7.62. The van der Waals surface area contributed by atoms with E-state index >= 15 is 0 Å². The highest BCUT2D eigenvalue weighted by Crippen LogP contribution is 2.29. The highest BCUT2D eigenvalue weighted by Gasteiger charge is 2.36. The molecule has 4 heteroatoms. The molecule has 0 amide bonds. The van der Waals surface area contributed by atoms with E-state index in [-0.39, 0.29) is 0 Å². The van der Waals surface area contributed by atoms with Crippen molar-refractivity contribution in [2.45, 2.75) is 50.4 Å². The molecule has 2 aliphatic rings. The first kappa shape index (κ1) is 12.3. The molecule has 3 atom stereocenters. The lowest BCUT2D eigenvalue weighted by Crippen LogP contribution is -2.57. The molecule has 1 saturated heterocycles. The second-order valence-corrected chi connectivity index (χ2v) is 5.43. The Morgan fingerprint density at radius 3 is 2.94 bits per heavy atom. The average Bonchev–Trinajstić information content (AvgIpc) is 2.29. The number of ether oxygens (including phenoxy) is 1. The van der Waals surface area contributed by atoms with Crippen LogP contribution < -0.4 is 5.73 Å². The van der Waals surface area contributed by atoms with Gasteiger partial charge in [0.1, 0.15) is 0 Å². The van der Waals surface area contributed by atoms with Crippen LogP contribution in [-0.2, 0) is 4.74 Å². The van der Waals surface area contributed by atoms with Crippen molar-refractivity contribution in [1.29, 1.82) is 0 Å². The molecule has 2 fully saturated rings. The van der Waals surface area contributed by atoms with Gasteiger partial charge < -0.3 is 15.6 Å². The van der Waals surface area contributed by atoms with E-state index in [1.54, 1.807) is 0 Å². The number of aliphatic hydroxyl groups is 1. The maximum absolute atomic E-state index is 10.1. The van der Waals surface area contributed by atoms with Gasteiger partial charge in [-0.15, -0.1) is 0 Å². The second kappa shape index (κ2) is 5.00. The molecule has 0 aromatic carbocycles. The molecule has 0 spiro atoms. The summed E-state index contributed by atoms with van der Waals surface area (Å²) >= 11 is 0. The number of rotatable bonds is 3. The minimum absolute atomic E-state index is 0.321.